The lowest BCUT2D eigenvalue weighted by atomic mass is 9.88. The first-order chi connectivity index (χ1) is 12.4. The zero-order valence-electron chi connectivity index (χ0n) is 14.0. The smallest absolute Gasteiger partial charge is 0.345 e. The van der Waals surface area contributed by atoms with Gasteiger partial charge < -0.3 is 15.4 Å². The number of anilines is 2. The number of aryl methyl sites for hydroxylation is 2. The van der Waals surface area contributed by atoms with Gasteiger partial charge in [0.2, 0.25) is 0 Å². The zero-order chi connectivity index (χ0) is 19.8. The summed E-state index contributed by atoms with van der Waals surface area (Å²) in [5, 5.41) is 4.35. The number of hydrogen-bond acceptors (Lipinski definition) is 3. The lowest BCUT2D eigenvalue weighted by Crippen LogP contribution is -2.68. The highest BCUT2D eigenvalue weighted by atomic mass is 19.4. The molecule has 4 rings (SSSR count). The predicted octanol–water partition coefficient (Wildman–Crippen LogP) is 2.33. The maximum absolute atomic E-state index is 14.1. The zero-order valence-corrected chi connectivity index (χ0v) is 14.0. The molecule has 0 fully saturated rings. The molecule has 4 heterocycles. The molecule has 0 radical (unpaired) electrons. The van der Waals surface area contributed by atoms with Crippen LogP contribution in [0.4, 0.5) is 37.7 Å². The van der Waals surface area contributed by atoms with Crippen molar-refractivity contribution < 1.29 is 40.2 Å². The molecule has 2 aromatic heterocycles. The lowest BCUT2D eigenvalue weighted by molar-refractivity contribution is -0.673. The largest absolute Gasteiger partial charge is 0.441 e. The van der Waals surface area contributed by atoms with E-state index in [0.717, 1.165) is 24.5 Å². The molecule has 0 saturated heterocycles. The van der Waals surface area contributed by atoms with Crippen molar-refractivity contribution in [1.29, 1.82) is 0 Å². The third-order valence-corrected chi connectivity index (χ3v) is 4.68. The number of nitrogens with zero attached hydrogens (tertiary/aromatic N) is 2. The van der Waals surface area contributed by atoms with Gasteiger partial charge in [-0.25, -0.2) is 9.13 Å². The Morgan fingerprint density at radius 2 is 1.15 bits per heavy atom. The van der Waals surface area contributed by atoms with Gasteiger partial charge in [0.15, 0.2) is 24.8 Å². The van der Waals surface area contributed by atoms with E-state index in [2.05, 4.69) is 10.6 Å². The van der Waals surface area contributed by atoms with E-state index in [4.69, 9.17) is 4.74 Å². The molecular formula is C16H14F6N4O+2. The Labute approximate surface area is 149 Å². The molecule has 2 aliphatic heterocycles. The Kier molecular flexibility index (Phi) is 3.32. The Morgan fingerprint density at radius 1 is 0.778 bits per heavy atom. The van der Waals surface area contributed by atoms with Crippen LogP contribution in [0.5, 0.6) is 0 Å². The van der Waals surface area contributed by atoms with Crippen LogP contribution >= 0.6 is 0 Å². The van der Waals surface area contributed by atoms with Gasteiger partial charge in [-0.15, -0.1) is 0 Å². The summed E-state index contributed by atoms with van der Waals surface area (Å²) in [6.07, 6.45) is -5.48. The first-order valence-corrected chi connectivity index (χ1v) is 7.79. The van der Waals surface area contributed by atoms with Crippen LogP contribution in [0.2, 0.25) is 0 Å². The number of ether oxygens (including phenoxy) is 1. The van der Waals surface area contributed by atoms with Crippen molar-refractivity contribution in [2.45, 2.75) is 23.8 Å². The van der Waals surface area contributed by atoms with Gasteiger partial charge in [0.05, 0.1) is 11.4 Å². The summed E-state index contributed by atoms with van der Waals surface area (Å²) in [5.74, 6) is 0. The fraction of sp³-hybridized carbons (Fsp3) is 0.375. The molecule has 27 heavy (non-hydrogen) atoms. The molecule has 0 aromatic carbocycles. The standard InChI is InChI=1S/C16H12F6N4O/c1-25-5-3-11-9(7-25)13(15(17,18)19)24-12-4-6-26(2)8-10(12)14(23-11,27-13)16(20,21)22/h3-8H,1-2H3/p+2. The second kappa shape index (κ2) is 5.03. The van der Waals surface area contributed by atoms with Crippen molar-refractivity contribution in [3.63, 3.8) is 0 Å². The summed E-state index contributed by atoms with van der Waals surface area (Å²) in [6, 6.07) is 2.32. The number of hydrogen-bond donors (Lipinski definition) is 2. The van der Waals surface area contributed by atoms with Crippen LogP contribution < -0.4 is 19.8 Å². The number of fused-ring (bicyclic) bond motifs is 6. The second-order valence-electron chi connectivity index (χ2n) is 6.59. The number of aromatic nitrogens is 2. The van der Waals surface area contributed by atoms with Crippen LogP contribution in [-0.2, 0) is 30.3 Å². The summed E-state index contributed by atoms with van der Waals surface area (Å²) >= 11 is 0. The highest BCUT2D eigenvalue weighted by molar-refractivity contribution is 5.67. The van der Waals surface area contributed by atoms with E-state index >= 15 is 0 Å². The maximum atomic E-state index is 14.1. The van der Waals surface area contributed by atoms with E-state index in [1.807, 2.05) is 0 Å². The van der Waals surface area contributed by atoms with Crippen LogP contribution in [0.15, 0.2) is 36.9 Å². The maximum Gasteiger partial charge on any atom is 0.441 e. The lowest BCUT2D eigenvalue weighted by Gasteiger charge is -2.53. The van der Waals surface area contributed by atoms with Crippen molar-refractivity contribution in [3.8, 4) is 0 Å². The summed E-state index contributed by atoms with van der Waals surface area (Å²) in [5.41, 5.74) is -8.35. The molecule has 2 aliphatic rings. The highest BCUT2D eigenvalue weighted by Gasteiger charge is 2.75. The van der Waals surface area contributed by atoms with Crippen molar-refractivity contribution in [2.75, 3.05) is 10.6 Å². The van der Waals surface area contributed by atoms with E-state index in [1.54, 1.807) is 0 Å². The average molecular weight is 392 g/mol. The van der Waals surface area contributed by atoms with Gasteiger partial charge in [-0.05, 0) is 0 Å². The molecule has 0 saturated carbocycles. The fourth-order valence-corrected chi connectivity index (χ4v) is 3.44. The number of nitrogens with one attached hydrogen (secondary N) is 2. The van der Waals surface area contributed by atoms with Crippen LogP contribution in [0.25, 0.3) is 0 Å². The van der Waals surface area contributed by atoms with E-state index in [1.165, 1.54) is 35.6 Å². The van der Waals surface area contributed by atoms with E-state index in [-0.39, 0.29) is 11.4 Å². The van der Waals surface area contributed by atoms with Gasteiger partial charge in [-0.2, -0.15) is 26.3 Å². The number of halogens is 6. The number of rotatable bonds is 0. The molecule has 0 amide bonds. The molecule has 5 nitrogen and oxygen atoms in total. The molecular weight excluding hydrogens is 378 g/mol. The minimum atomic E-state index is -5.18. The second-order valence-corrected chi connectivity index (χ2v) is 6.59. The fourth-order valence-electron chi connectivity index (χ4n) is 3.44. The minimum Gasteiger partial charge on any atom is -0.345 e. The first kappa shape index (κ1) is 17.8. The summed E-state index contributed by atoms with van der Waals surface area (Å²) in [7, 11) is 2.93. The van der Waals surface area contributed by atoms with E-state index in [9.17, 15) is 26.3 Å². The number of pyridine rings is 2. The summed E-state index contributed by atoms with van der Waals surface area (Å²) in [6.45, 7) is 0. The van der Waals surface area contributed by atoms with Crippen molar-refractivity contribution in [3.05, 3.63) is 48.0 Å². The van der Waals surface area contributed by atoms with Crippen molar-refractivity contribution in [1.82, 2.24) is 0 Å². The van der Waals surface area contributed by atoms with Crippen molar-refractivity contribution >= 4 is 11.4 Å². The summed E-state index contributed by atoms with van der Waals surface area (Å²) < 4.78 is 92.4. The van der Waals surface area contributed by atoms with Crippen LogP contribution in [-0.4, -0.2) is 12.4 Å². The third-order valence-electron chi connectivity index (χ3n) is 4.68. The van der Waals surface area contributed by atoms with Gasteiger partial charge in [0.25, 0.3) is 11.4 Å². The Balaban J connectivity index is 2.11. The predicted molar refractivity (Wildman–Crippen MR) is 79.0 cm³/mol. The molecule has 2 bridgehead atoms. The quantitative estimate of drug-likeness (QED) is 0.534. The van der Waals surface area contributed by atoms with Gasteiger partial charge in [-0.3, -0.25) is 0 Å². The molecule has 2 atom stereocenters. The topological polar surface area (TPSA) is 41.0 Å². The molecule has 11 heteroatoms. The van der Waals surface area contributed by atoms with Gasteiger partial charge in [0.1, 0.15) is 25.2 Å². The monoisotopic (exact) mass is 392 g/mol. The molecule has 2 N–H and O–H groups in total. The highest BCUT2D eigenvalue weighted by Crippen LogP contribution is 2.60. The van der Waals surface area contributed by atoms with Crippen LogP contribution in [0.1, 0.15) is 11.1 Å². The van der Waals surface area contributed by atoms with E-state index < -0.39 is 34.9 Å². The third kappa shape index (κ3) is 2.23. The van der Waals surface area contributed by atoms with Crippen molar-refractivity contribution in [2.24, 2.45) is 14.1 Å². The average Bonchev–Trinajstić information content (AvgIpc) is 2.54. The molecule has 2 unspecified atom stereocenters. The van der Waals surface area contributed by atoms with Gasteiger partial charge in [0, 0.05) is 12.1 Å². The van der Waals surface area contributed by atoms with Gasteiger partial charge in [-0.1, -0.05) is 0 Å². The Hall–Kier alpha value is -2.56. The summed E-state index contributed by atoms with van der Waals surface area (Å²) in [4.78, 5) is 0. The van der Waals surface area contributed by atoms with Crippen LogP contribution in [0, 0.1) is 0 Å². The molecule has 0 spiro atoms. The SMILES string of the molecule is C[n+]1ccc2c(c1)C1(C(F)(F)F)Nc3cc[n+](C)cc3C(C(F)(F)F)(N2)O1. The minimum absolute atomic E-state index is 0.321. The number of alkyl halides is 6. The molecule has 0 aliphatic carbocycles. The Morgan fingerprint density at radius 3 is 1.48 bits per heavy atom. The van der Waals surface area contributed by atoms with Crippen LogP contribution in [0.3, 0.4) is 0 Å². The first-order valence-electron chi connectivity index (χ1n) is 7.79. The Bertz CT molecular complexity index is 868. The molecule has 2 aromatic rings. The van der Waals surface area contributed by atoms with E-state index in [0.29, 0.717) is 0 Å². The molecule has 144 valence electrons. The normalized spacial score (nSPS) is 26.5. The van der Waals surface area contributed by atoms with Gasteiger partial charge >= 0.3 is 12.4 Å².